The number of aliphatic hydroxyl groups is 1. The number of rotatable bonds is 5. The van der Waals surface area contributed by atoms with Crippen LogP contribution in [0.1, 0.15) is 31.1 Å². The van der Waals surface area contributed by atoms with Gasteiger partial charge in [0.1, 0.15) is 18.2 Å². The van der Waals surface area contributed by atoms with Gasteiger partial charge >= 0.3 is 0 Å². The normalized spacial score (nSPS) is 11.2. The lowest BCUT2D eigenvalue weighted by Crippen LogP contribution is -2.12. The van der Waals surface area contributed by atoms with E-state index in [1.54, 1.807) is 12.1 Å². The smallest absolute Gasteiger partial charge is 0.158 e. The third-order valence-corrected chi connectivity index (χ3v) is 2.87. The zero-order valence-electron chi connectivity index (χ0n) is 11.2. The fourth-order valence-corrected chi connectivity index (χ4v) is 1.98. The molecule has 0 aliphatic carbocycles. The fourth-order valence-electron chi connectivity index (χ4n) is 1.98. The van der Waals surface area contributed by atoms with Crippen LogP contribution in [0.25, 0.3) is 0 Å². The maximum Gasteiger partial charge on any atom is 0.158 e. The van der Waals surface area contributed by atoms with E-state index in [2.05, 4.69) is 24.0 Å². The minimum absolute atomic E-state index is 0.122. The molecule has 0 atom stereocenters. The van der Waals surface area contributed by atoms with Crippen LogP contribution < -0.4 is 0 Å². The van der Waals surface area contributed by atoms with Gasteiger partial charge in [0, 0.05) is 13.0 Å². The Morgan fingerprint density at radius 3 is 2.37 bits per heavy atom. The highest BCUT2D eigenvalue weighted by molar-refractivity contribution is 5.20. The zero-order valence-corrected chi connectivity index (χ0v) is 11.2. The maximum absolute atomic E-state index is 12.9. The summed E-state index contributed by atoms with van der Waals surface area (Å²) in [6, 6.07) is 6.35. The van der Waals surface area contributed by atoms with Crippen LogP contribution in [-0.2, 0) is 19.6 Å². The summed E-state index contributed by atoms with van der Waals surface area (Å²) in [7, 11) is 0. The Bertz CT molecular complexity index is 534. The molecule has 1 heterocycles. The van der Waals surface area contributed by atoms with Gasteiger partial charge in [-0.15, -0.1) is 10.2 Å². The highest BCUT2D eigenvalue weighted by Gasteiger charge is 2.12. The van der Waals surface area contributed by atoms with E-state index in [0.717, 1.165) is 17.9 Å². The van der Waals surface area contributed by atoms with Gasteiger partial charge in [0.2, 0.25) is 0 Å². The van der Waals surface area contributed by atoms with Gasteiger partial charge in [-0.05, 0) is 23.6 Å². The SMILES string of the molecule is CC(C)Cn1c(CO)nnc1Cc1ccc(F)cc1. The quantitative estimate of drug-likeness (QED) is 0.899. The Morgan fingerprint density at radius 1 is 1.16 bits per heavy atom. The van der Waals surface area contributed by atoms with Gasteiger partial charge in [-0.1, -0.05) is 26.0 Å². The molecule has 4 nitrogen and oxygen atoms in total. The van der Waals surface area contributed by atoms with Gasteiger partial charge in [-0.2, -0.15) is 0 Å². The van der Waals surface area contributed by atoms with E-state index >= 15 is 0 Å². The van der Waals surface area contributed by atoms with Crippen molar-refractivity contribution >= 4 is 0 Å². The summed E-state index contributed by atoms with van der Waals surface area (Å²) in [5.41, 5.74) is 0.975. The lowest BCUT2D eigenvalue weighted by Gasteiger charge is -2.11. The molecule has 19 heavy (non-hydrogen) atoms. The first-order valence-corrected chi connectivity index (χ1v) is 6.36. The molecule has 0 bridgehead atoms. The van der Waals surface area contributed by atoms with Gasteiger partial charge in [0.25, 0.3) is 0 Å². The number of hydrogen-bond donors (Lipinski definition) is 1. The van der Waals surface area contributed by atoms with Crippen molar-refractivity contribution in [3.63, 3.8) is 0 Å². The van der Waals surface area contributed by atoms with Crippen molar-refractivity contribution in [3.05, 3.63) is 47.3 Å². The second kappa shape index (κ2) is 5.93. The topological polar surface area (TPSA) is 50.9 Å². The maximum atomic E-state index is 12.9. The molecule has 5 heteroatoms. The van der Waals surface area contributed by atoms with Gasteiger partial charge in [0.05, 0.1) is 0 Å². The van der Waals surface area contributed by atoms with Crippen molar-refractivity contribution in [1.82, 2.24) is 14.8 Å². The predicted octanol–water partition coefficient (Wildman–Crippen LogP) is 2.16. The molecule has 0 aliphatic heterocycles. The van der Waals surface area contributed by atoms with Crippen LogP contribution in [0.15, 0.2) is 24.3 Å². The van der Waals surface area contributed by atoms with Gasteiger partial charge in [-0.25, -0.2) is 4.39 Å². The summed E-state index contributed by atoms with van der Waals surface area (Å²) in [5, 5.41) is 17.4. The standard InChI is InChI=1S/C14H18FN3O/c1-10(2)8-18-13(16-17-14(18)9-19)7-11-3-5-12(15)6-4-11/h3-6,10,19H,7-9H2,1-2H3. The Kier molecular flexibility index (Phi) is 4.27. The molecule has 0 amide bonds. The molecule has 0 aliphatic rings. The van der Waals surface area contributed by atoms with Crippen LogP contribution >= 0.6 is 0 Å². The van der Waals surface area contributed by atoms with Crippen LogP contribution in [0.2, 0.25) is 0 Å². The first-order chi connectivity index (χ1) is 9.10. The molecular weight excluding hydrogens is 245 g/mol. The van der Waals surface area contributed by atoms with Gasteiger partial charge in [0.15, 0.2) is 5.82 Å². The van der Waals surface area contributed by atoms with Crippen molar-refractivity contribution in [3.8, 4) is 0 Å². The second-order valence-corrected chi connectivity index (χ2v) is 5.00. The number of halogens is 1. The highest BCUT2D eigenvalue weighted by Crippen LogP contribution is 2.12. The molecule has 1 aromatic carbocycles. The molecule has 2 aromatic rings. The Balaban J connectivity index is 2.24. The average molecular weight is 263 g/mol. The van der Waals surface area contributed by atoms with E-state index in [-0.39, 0.29) is 12.4 Å². The van der Waals surface area contributed by atoms with Crippen molar-refractivity contribution in [2.75, 3.05) is 0 Å². The zero-order chi connectivity index (χ0) is 13.8. The monoisotopic (exact) mass is 263 g/mol. The summed E-state index contributed by atoms with van der Waals surface area (Å²) in [4.78, 5) is 0. The highest BCUT2D eigenvalue weighted by atomic mass is 19.1. The largest absolute Gasteiger partial charge is 0.388 e. The van der Waals surface area contributed by atoms with Crippen LogP contribution in [0.5, 0.6) is 0 Å². The Hall–Kier alpha value is -1.75. The molecule has 0 unspecified atom stereocenters. The fraction of sp³-hybridized carbons (Fsp3) is 0.429. The number of aromatic nitrogens is 3. The third kappa shape index (κ3) is 3.38. The molecule has 0 spiro atoms. The van der Waals surface area contributed by atoms with E-state index < -0.39 is 0 Å². The number of aliphatic hydroxyl groups excluding tert-OH is 1. The molecule has 2 rings (SSSR count). The summed E-state index contributed by atoms with van der Waals surface area (Å²) in [5.74, 6) is 1.56. The molecule has 0 saturated carbocycles. The summed E-state index contributed by atoms with van der Waals surface area (Å²) in [6.07, 6.45) is 0.583. The predicted molar refractivity (Wildman–Crippen MR) is 70.0 cm³/mol. The van der Waals surface area contributed by atoms with Crippen molar-refractivity contribution in [2.45, 2.75) is 33.4 Å². The molecular formula is C14H18FN3O. The molecule has 0 saturated heterocycles. The Labute approximate surface area is 111 Å². The van der Waals surface area contributed by atoms with Crippen molar-refractivity contribution in [1.29, 1.82) is 0 Å². The first kappa shape index (κ1) is 13.7. The van der Waals surface area contributed by atoms with Crippen LogP contribution in [-0.4, -0.2) is 19.9 Å². The van der Waals surface area contributed by atoms with E-state index in [1.165, 1.54) is 12.1 Å². The van der Waals surface area contributed by atoms with Crippen molar-refractivity contribution in [2.24, 2.45) is 5.92 Å². The molecule has 1 N–H and O–H groups in total. The second-order valence-electron chi connectivity index (χ2n) is 5.00. The summed E-state index contributed by atoms with van der Waals surface area (Å²) < 4.78 is 14.8. The third-order valence-electron chi connectivity index (χ3n) is 2.87. The minimum Gasteiger partial charge on any atom is -0.388 e. The lowest BCUT2D eigenvalue weighted by molar-refractivity contribution is 0.261. The molecule has 0 fully saturated rings. The average Bonchev–Trinajstić information content (AvgIpc) is 2.74. The summed E-state index contributed by atoms with van der Waals surface area (Å²) >= 11 is 0. The number of benzene rings is 1. The number of nitrogens with zero attached hydrogens (tertiary/aromatic N) is 3. The molecule has 0 radical (unpaired) electrons. The van der Waals surface area contributed by atoms with Crippen molar-refractivity contribution < 1.29 is 9.50 Å². The summed E-state index contributed by atoms with van der Waals surface area (Å²) in [6.45, 7) is 4.84. The number of hydrogen-bond acceptors (Lipinski definition) is 3. The lowest BCUT2D eigenvalue weighted by atomic mass is 10.1. The van der Waals surface area contributed by atoms with Crippen LogP contribution in [0, 0.1) is 11.7 Å². The Morgan fingerprint density at radius 2 is 1.79 bits per heavy atom. The minimum atomic E-state index is -0.247. The van der Waals surface area contributed by atoms with Crippen LogP contribution in [0.3, 0.4) is 0 Å². The first-order valence-electron chi connectivity index (χ1n) is 6.36. The van der Waals surface area contributed by atoms with E-state index in [0.29, 0.717) is 18.2 Å². The van der Waals surface area contributed by atoms with Gasteiger partial charge < -0.3 is 9.67 Å². The van der Waals surface area contributed by atoms with E-state index in [4.69, 9.17) is 0 Å². The van der Waals surface area contributed by atoms with E-state index in [1.807, 2.05) is 4.57 Å². The van der Waals surface area contributed by atoms with Crippen LogP contribution in [0.4, 0.5) is 4.39 Å². The molecule has 102 valence electrons. The molecule has 1 aromatic heterocycles. The van der Waals surface area contributed by atoms with Gasteiger partial charge in [-0.3, -0.25) is 0 Å². The van der Waals surface area contributed by atoms with E-state index in [9.17, 15) is 9.50 Å².